The summed E-state index contributed by atoms with van der Waals surface area (Å²) in [6.07, 6.45) is 3.69. The Labute approximate surface area is 148 Å². The first kappa shape index (κ1) is 19.2. The van der Waals surface area contributed by atoms with Gasteiger partial charge in [-0.15, -0.1) is 0 Å². The smallest absolute Gasteiger partial charge is 0.429 e. The normalized spacial score (nSPS) is 20.2. The molecule has 1 fully saturated rings. The minimum atomic E-state index is -0.997. The number of hydrogen-bond donors (Lipinski definition) is 0. The standard InChI is InChI=1S/C19H26O6/c1-4-14-5-11-17(12-6-14)22-19(21)24-25-23-18(20)16-9-7-15(8-10-16)13(2)3/h7-10,13-14,17H,4-6,11-12H2,1-3H3. The van der Waals surface area contributed by atoms with Crippen LogP contribution < -0.4 is 0 Å². The molecular weight excluding hydrogens is 324 g/mol. The van der Waals surface area contributed by atoms with Gasteiger partial charge in [0.2, 0.25) is 0 Å². The van der Waals surface area contributed by atoms with Crippen molar-refractivity contribution in [2.45, 2.75) is 64.9 Å². The van der Waals surface area contributed by atoms with Gasteiger partial charge in [0.25, 0.3) is 0 Å². The molecule has 0 aromatic heterocycles. The molecule has 0 unspecified atom stereocenters. The molecule has 6 heteroatoms. The van der Waals surface area contributed by atoms with Gasteiger partial charge in [0.15, 0.2) is 0 Å². The molecule has 1 aliphatic rings. The molecular formula is C19H26O6. The highest BCUT2D eigenvalue weighted by Crippen LogP contribution is 2.28. The van der Waals surface area contributed by atoms with Gasteiger partial charge in [-0.1, -0.05) is 39.3 Å². The second-order valence-corrected chi connectivity index (χ2v) is 6.72. The number of carbonyl (C=O) groups is 2. The van der Waals surface area contributed by atoms with E-state index in [2.05, 4.69) is 35.6 Å². The Balaban J connectivity index is 1.67. The van der Waals surface area contributed by atoms with E-state index in [0.717, 1.165) is 37.7 Å². The lowest BCUT2D eigenvalue weighted by Crippen LogP contribution is -2.25. The highest BCUT2D eigenvalue weighted by molar-refractivity contribution is 5.88. The van der Waals surface area contributed by atoms with Gasteiger partial charge in [0.1, 0.15) is 6.10 Å². The van der Waals surface area contributed by atoms with Crippen molar-refractivity contribution in [3.8, 4) is 0 Å². The zero-order chi connectivity index (χ0) is 18.2. The van der Waals surface area contributed by atoms with Crippen LogP contribution in [-0.4, -0.2) is 18.2 Å². The van der Waals surface area contributed by atoms with E-state index in [1.165, 1.54) is 0 Å². The van der Waals surface area contributed by atoms with Crippen molar-refractivity contribution in [3.05, 3.63) is 35.4 Å². The van der Waals surface area contributed by atoms with Crippen LogP contribution in [0.1, 0.15) is 74.7 Å². The predicted molar refractivity (Wildman–Crippen MR) is 90.6 cm³/mol. The maximum absolute atomic E-state index is 11.8. The van der Waals surface area contributed by atoms with Crippen LogP contribution in [0.4, 0.5) is 4.79 Å². The van der Waals surface area contributed by atoms with Crippen molar-refractivity contribution in [2.24, 2.45) is 5.92 Å². The molecule has 138 valence electrons. The van der Waals surface area contributed by atoms with E-state index in [0.29, 0.717) is 17.4 Å². The fourth-order valence-electron chi connectivity index (χ4n) is 2.94. The van der Waals surface area contributed by atoms with E-state index in [1.54, 1.807) is 12.1 Å². The Bertz CT molecular complexity index is 558. The summed E-state index contributed by atoms with van der Waals surface area (Å²) in [6.45, 7) is 6.29. The number of carbonyl (C=O) groups excluding carboxylic acids is 2. The van der Waals surface area contributed by atoms with Crippen LogP contribution in [0.5, 0.6) is 0 Å². The summed E-state index contributed by atoms with van der Waals surface area (Å²) in [5.74, 6) is 0.327. The summed E-state index contributed by atoms with van der Waals surface area (Å²) in [7, 11) is 0. The average Bonchev–Trinajstić information content (AvgIpc) is 2.62. The molecule has 0 radical (unpaired) electrons. The third kappa shape index (κ3) is 6.05. The second kappa shape index (κ2) is 9.42. The highest BCUT2D eigenvalue weighted by atomic mass is 17.5. The van der Waals surface area contributed by atoms with Gasteiger partial charge in [-0.05, 0) is 55.2 Å². The zero-order valence-electron chi connectivity index (χ0n) is 15.0. The molecule has 0 bridgehead atoms. The summed E-state index contributed by atoms with van der Waals surface area (Å²) in [4.78, 5) is 32.1. The van der Waals surface area contributed by atoms with Crippen LogP contribution in [0.2, 0.25) is 0 Å². The van der Waals surface area contributed by atoms with E-state index >= 15 is 0 Å². The lowest BCUT2D eigenvalue weighted by atomic mass is 9.86. The van der Waals surface area contributed by atoms with Crippen molar-refractivity contribution >= 4 is 12.1 Å². The largest absolute Gasteiger partial charge is 0.543 e. The summed E-state index contributed by atoms with van der Waals surface area (Å²) in [6, 6.07) is 6.93. The van der Waals surface area contributed by atoms with Crippen LogP contribution in [0.15, 0.2) is 24.3 Å². The average molecular weight is 350 g/mol. The fourth-order valence-corrected chi connectivity index (χ4v) is 2.94. The second-order valence-electron chi connectivity index (χ2n) is 6.72. The van der Waals surface area contributed by atoms with E-state index < -0.39 is 12.1 Å². The molecule has 0 heterocycles. The van der Waals surface area contributed by atoms with Crippen LogP contribution in [0.3, 0.4) is 0 Å². The summed E-state index contributed by atoms with van der Waals surface area (Å²) >= 11 is 0. The summed E-state index contributed by atoms with van der Waals surface area (Å²) in [5.41, 5.74) is 1.41. The lowest BCUT2D eigenvalue weighted by Gasteiger charge is -2.26. The quantitative estimate of drug-likeness (QED) is 0.411. The fraction of sp³-hybridized carbons (Fsp3) is 0.579. The Morgan fingerprint density at radius 3 is 2.24 bits per heavy atom. The monoisotopic (exact) mass is 350 g/mol. The van der Waals surface area contributed by atoms with E-state index in [9.17, 15) is 9.59 Å². The van der Waals surface area contributed by atoms with Crippen LogP contribution in [0, 0.1) is 5.92 Å². The maximum Gasteiger partial charge on any atom is 0.543 e. The van der Waals surface area contributed by atoms with E-state index in [-0.39, 0.29) is 6.10 Å². The van der Waals surface area contributed by atoms with Crippen molar-refractivity contribution < 1.29 is 29.1 Å². The van der Waals surface area contributed by atoms with Crippen LogP contribution >= 0.6 is 0 Å². The first-order valence-corrected chi connectivity index (χ1v) is 8.85. The minimum absolute atomic E-state index is 0.168. The van der Waals surface area contributed by atoms with Crippen molar-refractivity contribution in [3.63, 3.8) is 0 Å². The zero-order valence-corrected chi connectivity index (χ0v) is 15.0. The minimum Gasteiger partial charge on any atom is -0.429 e. The molecule has 6 nitrogen and oxygen atoms in total. The van der Waals surface area contributed by atoms with Gasteiger partial charge in [0, 0.05) is 0 Å². The maximum atomic E-state index is 11.8. The Morgan fingerprint density at radius 2 is 1.68 bits per heavy atom. The molecule has 1 saturated carbocycles. The molecule has 1 aliphatic carbocycles. The SMILES string of the molecule is CCC1CCC(OC(=O)OOOC(=O)c2ccc(C(C)C)cc2)CC1. The molecule has 0 atom stereocenters. The van der Waals surface area contributed by atoms with E-state index in [1.807, 2.05) is 12.1 Å². The first-order chi connectivity index (χ1) is 12.0. The van der Waals surface area contributed by atoms with Gasteiger partial charge < -0.3 is 4.74 Å². The summed E-state index contributed by atoms with van der Waals surface area (Å²) in [5, 5.41) is 4.25. The number of benzene rings is 1. The van der Waals surface area contributed by atoms with Gasteiger partial charge >= 0.3 is 12.1 Å². The van der Waals surface area contributed by atoms with Crippen molar-refractivity contribution in [1.82, 2.24) is 0 Å². The molecule has 1 aromatic rings. The van der Waals surface area contributed by atoms with Crippen LogP contribution in [-0.2, 0) is 19.6 Å². The molecule has 0 amide bonds. The predicted octanol–water partition coefficient (Wildman–Crippen LogP) is 4.94. The molecule has 25 heavy (non-hydrogen) atoms. The Kier molecular flexibility index (Phi) is 7.25. The van der Waals surface area contributed by atoms with Crippen LogP contribution in [0.25, 0.3) is 0 Å². The molecule has 0 saturated heterocycles. The lowest BCUT2D eigenvalue weighted by molar-refractivity contribution is -0.453. The molecule has 0 N–H and O–H groups in total. The number of rotatable bonds is 6. The molecule has 2 rings (SSSR count). The van der Waals surface area contributed by atoms with Gasteiger partial charge in [-0.25, -0.2) is 14.5 Å². The first-order valence-electron chi connectivity index (χ1n) is 8.85. The molecule has 1 aromatic carbocycles. The van der Waals surface area contributed by atoms with Gasteiger partial charge in [-0.2, -0.15) is 0 Å². The highest BCUT2D eigenvalue weighted by Gasteiger charge is 2.24. The topological polar surface area (TPSA) is 71.1 Å². The van der Waals surface area contributed by atoms with Gasteiger partial charge in [-0.3, -0.25) is 4.89 Å². The number of hydrogen-bond acceptors (Lipinski definition) is 6. The number of ether oxygens (including phenoxy) is 1. The summed E-state index contributed by atoms with van der Waals surface area (Å²) < 4.78 is 5.14. The van der Waals surface area contributed by atoms with Crippen molar-refractivity contribution in [1.29, 1.82) is 0 Å². The van der Waals surface area contributed by atoms with E-state index in [4.69, 9.17) is 4.74 Å². The molecule has 0 spiro atoms. The third-order valence-corrected chi connectivity index (χ3v) is 4.66. The molecule has 0 aliphatic heterocycles. The Morgan fingerprint density at radius 1 is 1.04 bits per heavy atom. The van der Waals surface area contributed by atoms with Gasteiger partial charge in [0.05, 0.1) is 10.6 Å². The Hall–Kier alpha value is -2.08. The third-order valence-electron chi connectivity index (χ3n) is 4.66. The van der Waals surface area contributed by atoms with Crippen molar-refractivity contribution in [2.75, 3.05) is 0 Å².